The van der Waals surface area contributed by atoms with Crippen molar-refractivity contribution in [2.24, 2.45) is 0 Å². The van der Waals surface area contributed by atoms with Crippen molar-refractivity contribution < 1.29 is 18.8 Å². The predicted molar refractivity (Wildman–Crippen MR) is 85.0 cm³/mol. The van der Waals surface area contributed by atoms with Crippen LogP contribution in [0.2, 0.25) is 0 Å². The number of nitrogens with one attached hydrogen (secondary N) is 1. The molecule has 1 amide bonds. The third-order valence-electron chi connectivity index (χ3n) is 3.98. The number of aliphatic hydroxyl groups is 1. The number of aromatic nitrogens is 1. The minimum Gasteiger partial charge on any atom is -0.467 e. The van der Waals surface area contributed by atoms with Gasteiger partial charge in [-0.05, 0) is 31.9 Å². The minimum atomic E-state index is -0.754. The summed E-state index contributed by atoms with van der Waals surface area (Å²) in [4.78, 5) is 12.2. The zero-order chi connectivity index (χ0) is 16.8. The summed E-state index contributed by atoms with van der Waals surface area (Å²) in [6.07, 6.45) is 3.02. The topological polar surface area (TPSA) is 88.5 Å². The fourth-order valence-corrected chi connectivity index (χ4v) is 2.58. The van der Waals surface area contributed by atoms with Gasteiger partial charge in [0, 0.05) is 24.4 Å². The Balaban J connectivity index is 1.91. The van der Waals surface area contributed by atoms with Crippen LogP contribution < -0.4 is 5.32 Å². The van der Waals surface area contributed by atoms with Crippen LogP contribution in [0.3, 0.4) is 0 Å². The number of rotatable bonds is 8. The van der Waals surface area contributed by atoms with Gasteiger partial charge in [-0.3, -0.25) is 4.79 Å². The van der Waals surface area contributed by atoms with Gasteiger partial charge in [0.15, 0.2) is 0 Å². The van der Waals surface area contributed by atoms with Gasteiger partial charge in [0.1, 0.15) is 11.9 Å². The Morgan fingerprint density at radius 2 is 2.13 bits per heavy atom. The summed E-state index contributed by atoms with van der Waals surface area (Å²) >= 11 is 0. The second-order valence-corrected chi connectivity index (χ2v) is 5.77. The smallest absolute Gasteiger partial charge is 0.290 e. The Morgan fingerprint density at radius 3 is 2.74 bits per heavy atom. The molecule has 2 rings (SSSR count). The van der Waals surface area contributed by atoms with Crippen molar-refractivity contribution >= 4 is 5.91 Å². The van der Waals surface area contributed by atoms with Crippen LogP contribution in [0.15, 0.2) is 33.4 Å². The quantitative estimate of drug-likeness (QED) is 0.778. The maximum atomic E-state index is 12.2. The number of nitrogens with zero attached hydrogens (tertiary/aromatic N) is 1. The summed E-state index contributed by atoms with van der Waals surface area (Å²) in [6.45, 7) is 5.99. The molecule has 6 heteroatoms. The molecule has 2 N–H and O–H groups in total. The van der Waals surface area contributed by atoms with Crippen molar-refractivity contribution in [2.75, 3.05) is 0 Å². The minimum absolute atomic E-state index is 0.200. The SMILES string of the molecule is CCC(CC)c1cc(C(=O)NC(C)CC(O)c2ccco2)on1. The molecule has 0 bridgehead atoms. The van der Waals surface area contributed by atoms with Gasteiger partial charge < -0.3 is 19.4 Å². The van der Waals surface area contributed by atoms with Gasteiger partial charge in [-0.25, -0.2) is 0 Å². The van der Waals surface area contributed by atoms with E-state index in [1.165, 1.54) is 6.26 Å². The van der Waals surface area contributed by atoms with E-state index in [2.05, 4.69) is 24.3 Å². The average Bonchev–Trinajstić information content (AvgIpc) is 3.20. The average molecular weight is 320 g/mol. The molecule has 23 heavy (non-hydrogen) atoms. The first kappa shape index (κ1) is 17.3. The van der Waals surface area contributed by atoms with Crippen LogP contribution in [0.4, 0.5) is 0 Å². The lowest BCUT2D eigenvalue weighted by Crippen LogP contribution is -2.33. The molecule has 0 radical (unpaired) electrons. The molecule has 0 aliphatic carbocycles. The third-order valence-corrected chi connectivity index (χ3v) is 3.98. The summed E-state index contributed by atoms with van der Waals surface area (Å²) < 4.78 is 10.3. The maximum Gasteiger partial charge on any atom is 0.290 e. The molecule has 2 aromatic rings. The molecule has 0 spiro atoms. The lowest BCUT2D eigenvalue weighted by Gasteiger charge is -2.15. The Hall–Kier alpha value is -2.08. The van der Waals surface area contributed by atoms with Crippen molar-refractivity contribution in [2.45, 2.75) is 58.1 Å². The van der Waals surface area contributed by atoms with Gasteiger partial charge in [0.05, 0.1) is 12.0 Å². The van der Waals surface area contributed by atoms with Crippen LogP contribution in [0.1, 0.15) is 74.1 Å². The van der Waals surface area contributed by atoms with E-state index in [4.69, 9.17) is 8.94 Å². The second kappa shape index (κ2) is 7.97. The monoisotopic (exact) mass is 320 g/mol. The number of furan rings is 1. The van der Waals surface area contributed by atoms with Crippen molar-refractivity contribution in [3.05, 3.63) is 41.7 Å². The molecular weight excluding hydrogens is 296 g/mol. The van der Waals surface area contributed by atoms with Gasteiger partial charge >= 0.3 is 0 Å². The third kappa shape index (κ3) is 4.45. The van der Waals surface area contributed by atoms with Crippen LogP contribution >= 0.6 is 0 Å². The van der Waals surface area contributed by atoms with Crippen molar-refractivity contribution in [1.29, 1.82) is 0 Å². The zero-order valence-electron chi connectivity index (χ0n) is 13.8. The zero-order valence-corrected chi connectivity index (χ0v) is 13.8. The standard InChI is InChI=1S/C17H24N2O4/c1-4-12(5-2)13-10-16(23-19-13)17(21)18-11(3)9-14(20)15-7-6-8-22-15/h6-8,10-12,14,20H,4-5,9H2,1-3H3,(H,18,21). The second-order valence-electron chi connectivity index (χ2n) is 5.77. The Labute approximate surface area is 135 Å². The highest BCUT2D eigenvalue weighted by Crippen LogP contribution is 2.23. The summed E-state index contributed by atoms with van der Waals surface area (Å²) in [5.74, 6) is 0.667. The van der Waals surface area contributed by atoms with E-state index in [0.29, 0.717) is 18.1 Å². The van der Waals surface area contributed by atoms with Crippen molar-refractivity contribution in [3.8, 4) is 0 Å². The molecule has 0 aromatic carbocycles. The van der Waals surface area contributed by atoms with E-state index < -0.39 is 6.10 Å². The molecule has 0 aliphatic heterocycles. The molecule has 2 unspecified atom stereocenters. The number of amides is 1. The fraction of sp³-hybridized carbons (Fsp3) is 0.529. The molecule has 0 saturated carbocycles. The molecule has 126 valence electrons. The molecule has 6 nitrogen and oxygen atoms in total. The van der Waals surface area contributed by atoms with E-state index in [1.54, 1.807) is 18.2 Å². The molecule has 2 atom stereocenters. The fourth-order valence-electron chi connectivity index (χ4n) is 2.58. The van der Waals surface area contributed by atoms with Crippen LogP contribution in [0, 0.1) is 0 Å². The number of aliphatic hydroxyl groups excluding tert-OH is 1. The largest absolute Gasteiger partial charge is 0.467 e. The highest BCUT2D eigenvalue weighted by molar-refractivity contribution is 5.91. The summed E-state index contributed by atoms with van der Waals surface area (Å²) in [5.41, 5.74) is 0.809. The first-order chi connectivity index (χ1) is 11.0. The van der Waals surface area contributed by atoms with Gasteiger partial charge in [0.2, 0.25) is 5.76 Å². The Kier molecular flexibility index (Phi) is 5.98. The van der Waals surface area contributed by atoms with Crippen LogP contribution in [0.5, 0.6) is 0 Å². The number of carbonyl (C=O) groups is 1. The van der Waals surface area contributed by atoms with E-state index in [0.717, 1.165) is 18.5 Å². The Bertz CT molecular complexity index is 602. The van der Waals surface area contributed by atoms with E-state index >= 15 is 0 Å². The summed E-state index contributed by atoms with van der Waals surface area (Å²) in [6, 6.07) is 4.89. The highest BCUT2D eigenvalue weighted by Gasteiger charge is 2.21. The normalized spacial score (nSPS) is 14.0. The molecule has 0 fully saturated rings. The lowest BCUT2D eigenvalue weighted by molar-refractivity contribution is 0.0867. The van der Waals surface area contributed by atoms with Crippen molar-refractivity contribution in [1.82, 2.24) is 10.5 Å². The molecule has 0 aliphatic rings. The first-order valence-corrected chi connectivity index (χ1v) is 8.04. The Morgan fingerprint density at radius 1 is 1.39 bits per heavy atom. The van der Waals surface area contributed by atoms with Gasteiger partial charge in [-0.15, -0.1) is 0 Å². The number of hydrogen-bond acceptors (Lipinski definition) is 5. The van der Waals surface area contributed by atoms with Gasteiger partial charge in [-0.2, -0.15) is 0 Å². The summed E-state index contributed by atoms with van der Waals surface area (Å²) in [5, 5.41) is 16.8. The van der Waals surface area contributed by atoms with Crippen LogP contribution in [-0.2, 0) is 0 Å². The summed E-state index contributed by atoms with van der Waals surface area (Å²) in [7, 11) is 0. The highest BCUT2D eigenvalue weighted by atomic mass is 16.5. The van der Waals surface area contributed by atoms with E-state index in [9.17, 15) is 9.90 Å². The van der Waals surface area contributed by atoms with E-state index in [-0.39, 0.29) is 17.7 Å². The van der Waals surface area contributed by atoms with Gasteiger partial charge in [0.25, 0.3) is 5.91 Å². The van der Waals surface area contributed by atoms with Crippen LogP contribution in [-0.4, -0.2) is 22.2 Å². The lowest BCUT2D eigenvalue weighted by atomic mass is 9.99. The molecule has 0 saturated heterocycles. The predicted octanol–water partition coefficient (Wildman–Crippen LogP) is 3.41. The maximum absolute atomic E-state index is 12.2. The number of hydrogen-bond donors (Lipinski definition) is 2. The van der Waals surface area contributed by atoms with E-state index in [1.807, 2.05) is 6.92 Å². The van der Waals surface area contributed by atoms with Crippen molar-refractivity contribution in [3.63, 3.8) is 0 Å². The van der Waals surface area contributed by atoms with Crippen LogP contribution in [0.25, 0.3) is 0 Å². The first-order valence-electron chi connectivity index (χ1n) is 8.04. The molecule has 2 heterocycles. The molecule has 2 aromatic heterocycles. The molecular formula is C17H24N2O4. The van der Waals surface area contributed by atoms with Gasteiger partial charge in [-0.1, -0.05) is 19.0 Å². The number of carbonyl (C=O) groups excluding carboxylic acids is 1.